The first kappa shape index (κ1) is 12.3. The Hall–Kier alpha value is -0.650. The van der Waals surface area contributed by atoms with Gasteiger partial charge in [0.05, 0.1) is 12.2 Å². The van der Waals surface area contributed by atoms with E-state index in [1.54, 1.807) is 6.92 Å². The van der Waals surface area contributed by atoms with Crippen LogP contribution in [0.2, 0.25) is 0 Å². The van der Waals surface area contributed by atoms with Gasteiger partial charge in [-0.3, -0.25) is 4.79 Å². The van der Waals surface area contributed by atoms with Crippen LogP contribution in [0.25, 0.3) is 0 Å². The van der Waals surface area contributed by atoms with Crippen LogP contribution in [0.15, 0.2) is 0 Å². The molecule has 0 saturated carbocycles. The summed E-state index contributed by atoms with van der Waals surface area (Å²) in [5.41, 5.74) is -1.26. The minimum atomic E-state index is -1.26. The van der Waals surface area contributed by atoms with Crippen molar-refractivity contribution < 1.29 is 20.1 Å². The molecule has 0 bridgehead atoms. The van der Waals surface area contributed by atoms with Gasteiger partial charge >= 0.3 is 5.97 Å². The molecule has 0 radical (unpaired) electrons. The summed E-state index contributed by atoms with van der Waals surface area (Å²) in [6, 6.07) is -0.668. The van der Waals surface area contributed by atoms with Crippen LogP contribution in [0.3, 0.4) is 0 Å². The van der Waals surface area contributed by atoms with Crippen LogP contribution in [0.4, 0.5) is 0 Å². The van der Waals surface area contributed by atoms with E-state index < -0.39 is 24.2 Å². The Morgan fingerprint density at radius 1 is 1.62 bits per heavy atom. The van der Waals surface area contributed by atoms with E-state index in [9.17, 15) is 9.90 Å². The zero-order chi connectivity index (χ0) is 10.5. The predicted octanol–water partition coefficient (Wildman–Crippen LogP) is -0.817. The lowest BCUT2D eigenvalue weighted by atomic mass is 10.1. The molecule has 0 rings (SSSR count). The number of aliphatic carboxylic acids is 1. The van der Waals surface area contributed by atoms with Crippen LogP contribution in [0.1, 0.15) is 20.3 Å². The molecule has 0 aromatic rings. The lowest BCUT2D eigenvalue weighted by Crippen LogP contribution is -2.47. The summed E-state index contributed by atoms with van der Waals surface area (Å²) in [7, 11) is 0. The van der Waals surface area contributed by atoms with Gasteiger partial charge in [0.25, 0.3) is 0 Å². The second kappa shape index (κ2) is 5.16. The van der Waals surface area contributed by atoms with E-state index in [-0.39, 0.29) is 6.54 Å². The van der Waals surface area contributed by atoms with Gasteiger partial charge in [0.1, 0.15) is 6.04 Å². The van der Waals surface area contributed by atoms with Crippen molar-refractivity contribution in [2.45, 2.75) is 31.9 Å². The van der Waals surface area contributed by atoms with Gasteiger partial charge in [0.15, 0.2) is 0 Å². The summed E-state index contributed by atoms with van der Waals surface area (Å²) >= 11 is 0. The SMILES string of the molecule is CCC(NCC(C)(O)CO)C(=O)O. The topological polar surface area (TPSA) is 89.8 Å². The summed E-state index contributed by atoms with van der Waals surface area (Å²) in [5.74, 6) is -0.948. The molecule has 0 amide bonds. The third-order valence-corrected chi connectivity index (χ3v) is 1.78. The van der Waals surface area contributed by atoms with E-state index in [2.05, 4.69) is 5.32 Å². The van der Waals surface area contributed by atoms with Crippen LogP contribution < -0.4 is 5.32 Å². The first-order valence-corrected chi connectivity index (χ1v) is 4.22. The molecule has 0 aliphatic rings. The molecule has 2 atom stereocenters. The molecule has 0 aliphatic heterocycles. The Bertz CT molecular complexity index is 170. The second-order valence-electron chi connectivity index (χ2n) is 3.34. The summed E-state index contributed by atoms with van der Waals surface area (Å²) in [4.78, 5) is 10.5. The first-order valence-electron chi connectivity index (χ1n) is 4.22. The van der Waals surface area contributed by atoms with E-state index in [1.165, 1.54) is 6.92 Å². The van der Waals surface area contributed by atoms with Crippen LogP contribution in [0, 0.1) is 0 Å². The Morgan fingerprint density at radius 3 is 2.46 bits per heavy atom. The maximum atomic E-state index is 10.5. The van der Waals surface area contributed by atoms with E-state index in [1.807, 2.05) is 0 Å². The number of aliphatic hydroxyl groups excluding tert-OH is 1. The predicted molar refractivity (Wildman–Crippen MR) is 47.4 cm³/mol. The third-order valence-electron chi connectivity index (χ3n) is 1.78. The zero-order valence-electron chi connectivity index (χ0n) is 7.95. The fraction of sp³-hybridized carbons (Fsp3) is 0.875. The molecule has 2 unspecified atom stereocenters. The van der Waals surface area contributed by atoms with Crippen LogP contribution in [0.5, 0.6) is 0 Å². The van der Waals surface area contributed by atoms with Crippen molar-refractivity contribution in [1.29, 1.82) is 0 Å². The van der Waals surface area contributed by atoms with Crippen LogP contribution in [-0.2, 0) is 4.79 Å². The number of carboxylic acid groups (broad SMARTS) is 1. The molecule has 5 nitrogen and oxygen atoms in total. The molecule has 0 aliphatic carbocycles. The number of rotatable bonds is 6. The van der Waals surface area contributed by atoms with Gasteiger partial charge in [-0.2, -0.15) is 0 Å². The van der Waals surface area contributed by atoms with E-state index in [0.29, 0.717) is 6.42 Å². The standard InChI is InChI=1S/C8H17NO4/c1-3-6(7(11)12)9-4-8(2,13)5-10/h6,9-10,13H,3-5H2,1-2H3,(H,11,12). The summed E-state index contributed by atoms with van der Waals surface area (Å²) < 4.78 is 0. The normalized spacial score (nSPS) is 17.8. The number of carboxylic acids is 1. The van der Waals surface area contributed by atoms with E-state index in [4.69, 9.17) is 10.2 Å². The highest BCUT2D eigenvalue weighted by Crippen LogP contribution is 2.00. The molecule has 5 heteroatoms. The maximum Gasteiger partial charge on any atom is 0.320 e. The van der Waals surface area contributed by atoms with Crippen molar-refractivity contribution in [2.75, 3.05) is 13.2 Å². The van der Waals surface area contributed by atoms with Crippen molar-refractivity contribution in [2.24, 2.45) is 0 Å². The molecule has 0 saturated heterocycles. The lowest BCUT2D eigenvalue weighted by molar-refractivity contribution is -0.139. The van der Waals surface area contributed by atoms with Crippen molar-refractivity contribution in [1.82, 2.24) is 5.32 Å². The molecule has 0 aromatic heterocycles. The quantitative estimate of drug-likeness (QED) is 0.440. The van der Waals surface area contributed by atoms with Gasteiger partial charge in [0, 0.05) is 6.54 Å². The fourth-order valence-corrected chi connectivity index (χ4v) is 0.805. The molecular weight excluding hydrogens is 174 g/mol. The number of hydrogen-bond acceptors (Lipinski definition) is 4. The molecule has 0 aromatic carbocycles. The average Bonchev–Trinajstić information content (AvgIpc) is 2.05. The number of nitrogens with one attached hydrogen (secondary N) is 1. The van der Waals surface area contributed by atoms with E-state index in [0.717, 1.165) is 0 Å². The van der Waals surface area contributed by atoms with E-state index >= 15 is 0 Å². The van der Waals surface area contributed by atoms with Crippen LogP contribution in [-0.4, -0.2) is 46.1 Å². The number of carbonyl (C=O) groups is 1. The zero-order valence-corrected chi connectivity index (χ0v) is 7.95. The Kier molecular flexibility index (Phi) is 4.90. The molecule has 78 valence electrons. The molecule has 0 heterocycles. The minimum absolute atomic E-state index is 0.0638. The minimum Gasteiger partial charge on any atom is -0.480 e. The number of hydrogen-bond donors (Lipinski definition) is 4. The van der Waals surface area contributed by atoms with Crippen LogP contribution >= 0.6 is 0 Å². The van der Waals surface area contributed by atoms with Crippen molar-refractivity contribution in [3.63, 3.8) is 0 Å². The molecule has 0 fully saturated rings. The number of aliphatic hydroxyl groups is 2. The molecule has 4 N–H and O–H groups in total. The molecule has 0 spiro atoms. The lowest BCUT2D eigenvalue weighted by Gasteiger charge is -2.23. The first-order chi connectivity index (χ1) is 5.93. The van der Waals surface area contributed by atoms with Crippen molar-refractivity contribution in [3.05, 3.63) is 0 Å². The van der Waals surface area contributed by atoms with Gasteiger partial charge in [0.2, 0.25) is 0 Å². The van der Waals surface area contributed by atoms with Crippen molar-refractivity contribution >= 4 is 5.97 Å². The summed E-state index contributed by atoms with van der Waals surface area (Å²) in [6.07, 6.45) is 0.441. The Morgan fingerprint density at radius 2 is 2.15 bits per heavy atom. The second-order valence-corrected chi connectivity index (χ2v) is 3.34. The highest BCUT2D eigenvalue weighted by Gasteiger charge is 2.22. The Balaban J connectivity index is 3.92. The van der Waals surface area contributed by atoms with Crippen molar-refractivity contribution in [3.8, 4) is 0 Å². The van der Waals surface area contributed by atoms with Gasteiger partial charge in [-0.15, -0.1) is 0 Å². The maximum absolute atomic E-state index is 10.5. The highest BCUT2D eigenvalue weighted by atomic mass is 16.4. The summed E-state index contributed by atoms with van der Waals surface area (Å²) in [6.45, 7) is 2.85. The summed E-state index contributed by atoms with van der Waals surface area (Å²) in [5, 5.41) is 29.3. The highest BCUT2D eigenvalue weighted by molar-refractivity contribution is 5.73. The van der Waals surface area contributed by atoms with Gasteiger partial charge < -0.3 is 20.6 Å². The average molecular weight is 191 g/mol. The molecule has 13 heavy (non-hydrogen) atoms. The molecular formula is C8H17NO4. The Labute approximate surface area is 77.4 Å². The van der Waals surface area contributed by atoms with Gasteiger partial charge in [-0.1, -0.05) is 6.92 Å². The van der Waals surface area contributed by atoms with Gasteiger partial charge in [-0.25, -0.2) is 0 Å². The third kappa shape index (κ3) is 4.82. The largest absolute Gasteiger partial charge is 0.480 e. The smallest absolute Gasteiger partial charge is 0.320 e. The monoisotopic (exact) mass is 191 g/mol. The fourth-order valence-electron chi connectivity index (χ4n) is 0.805. The van der Waals surface area contributed by atoms with Gasteiger partial charge in [-0.05, 0) is 13.3 Å².